The monoisotopic (exact) mass is 429 g/mol. The molecule has 0 aliphatic rings. The Morgan fingerprint density at radius 3 is 2.31 bits per heavy atom. The number of nitrogens with two attached hydrogens (primary N) is 1. The van der Waals surface area contributed by atoms with Crippen LogP contribution in [-0.2, 0) is 0 Å². The van der Waals surface area contributed by atoms with Gasteiger partial charge in [-0.25, -0.2) is 0 Å². The summed E-state index contributed by atoms with van der Waals surface area (Å²) in [6, 6.07) is 15.7. The van der Waals surface area contributed by atoms with Gasteiger partial charge in [0.05, 0.1) is 18.4 Å². The summed E-state index contributed by atoms with van der Waals surface area (Å²) >= 11 is 0. The number of methoxy groups -OCH3 is 1. The molecule has 0 aliphatic carbocycles. The molecule has 0 fully saturated rings. The summed E-state index contributed by atoms with van der Waals surface area (Å²) in [4.78, 5) is 31.3. The SMILES string of the molecule is COc1ccc(N=Cc2c(O)[nH]c3ccc(C(=O)c4ccc(C(N)=O)cc4)cc23)cc1O. The number of carbonyl (C=O) groups is 2. The molecule has 0 spiro atoms. The van der Waals surface area contributed by atoms with Crippen molar-refractivity contribution in [2.24, 2.45) is 10.7 Å². The molecule has 4 aromatic rings. The number of nitrogens with zero attached hydrogens (tertiary/aromatic N) is 1. The summed E-state index contributed by atoms with van der Waals surface area (Å²) < 4.78 is 5.02. The minimum absolute atomic E-state index is 0.0551. The van der Waals surface area contributed by atoms with Gasteiger partial charge in [-0.05, 0) is 42.5 Å². The number of fused-ring (bicyclic) bond motifs is 1. The number of aromatic amines is 1. The zero-order valence-corrected chi connectivity index (χ0v) is 17.0. The number of amides is 1. The highest BCUT2D eigenvalue weighted by atomic mass is 16.5. The Labute approximate surface area is 182 Å². The lowest BCUT2D eigenvalue weighted by molar-refractivity contribution is 0.0997. The Hall–Kier alpha value is -4.59. The number of phenols is 1. The first-order valence-corrected chi connectivity index (χ1v) is 9.57. The van der Waals surface area contributed by atoms with Crippen LogP contribution in [-0.4, -0.2) is 40.2 Å². The fourth-order valence-electron chi connectivity index (χ4n) is 3.32. The smallest absolute Gasteiger partial charge is 0.248 e. The fraction of sp³-hybridized carbons (Fsp3) is 0.0417. The third kappa shape index (κ3) is 3.89. The fourth-order valence-corrected chi connectivity index (χ4v) is 3.32. The molecule has 160 valence electrons. The van der Waals surface area contributed by atoms with Crippen molar-refractivity contribution in [3.8, 4) is 17.4 Å². The average Bonchev–Trinajstić information content (AvgIpc) is 3.11. The Morgan fingerprint density at radius 1 is 0.969 bits per heavy atom. The summed E-state index contributed by atoms with van der Waals surface area (Å²) in [7, 11) is 1.45. The molecule has 8 nitrogen and oxygen atoms in total. The van der Waals surface area contributed by atoms with Gasteiger partial charge in [0.15, 0.2) is 23.2 Å². The molecule has 5 N–H and O–H groups in total. The number of carbonyl (C=O) groups excluding carboxylic acids is 2. The van der Waals surface area contributed by atoms with E-state index in [-0.39, 0.29) is 17.4 Å². The number of hydrogen-bond donors (Lipinski definition) is 4. The number of aromatic hydroxyl groups is 2. The van der Waals surface area contributed by atoms with Crippen LogP contribution in [0.2, 0.25) is 0 Å². The molecule has 3 aromatic carbocycles. The van der Waals surface area contributed by atoms with Gasteiger partial charge in [0.25, 0.3) is 0 Å². The molecule has 1 aromatic heterocycles. The third-order valence-corrected chi connectivity index (χ3v) is 5.02. The van der Waals surface area contributed by atoms with E-state index in [0.29, 0.717) is 44.6 Å². The lowest BCUT2D eigenvalue weighted by Gasteiger charge is -2.04. The van der Waals surface area contributed by atoms with Crippen LogP contribution in [0.4, 0.5) is 5.69 Å². The van der Waals surface area contributed by atoms with Crippen LogP contribution in [0.3, 0.4) is 0 Å². The maximum absolute atomic E-state index is 12.9. The first-order valence-electron chi connectivity index (χ1n) is 9.57. The highest BCUT2D eigenvalue weighted by Crippen LogP contribution is 2.31. The van der Waals surface area contributed by atoms with E-state index in [1.165, 1.54) is 31.5 Å². The van der Waals surface area contributed by atoms with E-state index in [4.69, 9.17) is 10.5 Å². The number of aliphatic imine (C=N–C) groups is 1. The Bertz CT molecular complexity index is 1370. The summed E-state index contributed by atoms with van der Waals surface area (Å²) in [5.41, 5.74) is 7.84. The van der Waals surface area contributed by atoms with E-state index < -0.39 is 5.91 Å². The maximum Gasteiger partial charge on any atom is 0.248 e. The van der Waals surface area contributed by atoms with E-state index in [1.54, 1.807) is 42.5 Å². The quantitative estimate of drug-likeness (QED) is 0.274. The molecule has 32 heavy (non-hydrogen) atoms. The predicted molar refractivity (Wildman–Crippen MR) is 120 cm³/mol. The third-order valence-electron chi connectivity index (χ3n) is 5.02. The Balaban J connectivity index is 1.68. The first kappa shape index (κ1) is 20.7. The number of phenolic OH excluding ortho intramolecular Hbond substituents is 1. The van der Waals surface area contributed by atoms with Crippen molar-refractivity contribution in [2.45, 2.75) is 0 Å². The molecular weight excluding hydrogens is 410 g/mol. The minimum Gasteiger partial charge on any atom is -0.504 e. The number of primary amides is 1. The van der Waals surface area contributed by atoms with Gasteiger partial charge >= 0.3 is 0 Å². The summed E-state index contributed by atoms with van der Waals surface area (Å²) in [6.45, 7) is 0. The molecular formula is C24H19N3O5. The van der Waals surface area contributed by atoms with Gasteiger partial charge < -0.3 is 25.7 Å². The second-order valence-corrected chi connectivity index (χ2v) is 7.03. The Morgan fingerprint density at radius 2 is 1.66 bits per heavy atom. The van der Waals surface area contributed by atoms with Gasteiger partial charge in [-0.3, -0.25) is 14.6 Å². The van der Waals surface area contributed by atoms with Crippen LogP contribution in [0.25, 0.3) is 10.9 Å². The molecule has 0 unspecified atom stereocenters. The number of hydrogen-bond acceptors (Lipinski definition) is 6. The number of ketones is 1. The van der Waals surface area contributed by atoms with E-state index in [2.05, 4.69) is 9.98 Å². The summed E-state index contributed by atoms with van der Waals surface area (Å²) in [5.74, 6) is -0.641. The van der Waals surface area contributed by atoms with E-state index in [9.17, 15) is 19.8 Å². The van der Waals surface area contributed by atoms with Gasteiger partial charge in [0, 0.05) is 39.9 Å². The highest BCUT2D eigenvalue weighted by Gasteiger charge is 2.15. The van der Waals surface area contributed by atoms with Crippen LogP contribution in [0.15, 0.2) is 65.7 Å². The maximum atomic E-state index is 12.9. The second kappa shape index (κ2) is 8.27. The van der Waals surface area contributed by atoms with Crippen molar-refractivity contribution in [3.63, 3.8) is 0 Å². The summed E-state index contributed by atoms with van der Waals surface area (Å²) in [5, 5.41) is 20.8. The lowest BCUT2D eigenvalue weighted by Crippen LogP contribution is -2.11. The van der Waals surface area contributed by atoms with Crippen molar-refractivity contribution in [1.29, 1.82) is 0 Å². The topological polar surface area (TPSA) is 138 Å². The molecule has 8 heteroatoms. The van der Waals surface area contributed by atoms with Crippen LogP contribution in [0.5, 0.6) is 17.4 Å². The number of nitrogens with one attached hydrogen (secondary N) is 1. The van der Waals surface area contributed by atoms with Crippen molar-refractivity contribution in [3.05, 3.63) is 82.9 Å². The number of rotatable bonds is 6. The normalized spacial score (nSPS) is 11.2. The number of aromatic nitrogens is 1. The average molecular weight is 429 g/mol. The van der Waals surface area contributed by atoms with Gasteiger partial charge in [0.1, 0.15) is 0 Å². The molecule has 0 aliphatic heterocycles. The van der Waals surface area contributed by atoms with E-state index in [1.807, 2.05) is 0 Å². The first-order chi connectivity index (χ1) is 15.4. The molecule has 1 amide bonds. The highest BCUT2D eigenvalue weighted by molar-refractivity contribution is 6.12. The Kier molecular flexibility index (Phi) is 5.34. The largest absolute Gasteiger partial charge is 0.504 e. The van der Waals surface area contributed by atoms with Crippen LogP contribution in [0, 0.1) is 0 Å². The van der Waals surface area contributed by atoms with Gasteiger partial charge in [-0.1, -0.05) is 12.1 Å². The van der Waals surface area contributed by atoms with Crippen molar-refractivity contribution >= 4 is 34.5 Å². The van der Waals surface area contributed by atoms with Gasteiger partial charge in [-0.15, -0.1) is 0 Å². The zero-order chi connectivity index (χ0) is 22.8. The zero-order valence-electron chi connectivity index (χ0n) is 17.0. The molecule has 0 bridgehead atoms. The minimum atomic E-state index is -0.567. The van der Waals surface area contributed by atoms with Crippen molar-refractivity contribution in [1.82, 2.24) is 4.98 Å². The molecule has 1 heterocycles. The standard InChI is InChI=1S/C24H19N3O5/c1-32-21-9-7-16(11-20(21)28)26-12-18-17-10-15(6-8-19(17)27-24(18)31)22(29)13-2-4-14(5-3-13)23(25)30/h2-12,27-28,31H,1H3,(H2,25,30). The van der Waals surface area contributed by atoms with E-state index >= 15 is 0 Å². The molecule has 0 atom stereocenters. The molecule has 0 saturated carbocycles. The predicted octanol–water partition coefficient (Wildman–Crippen LogP) is 3.67. The van der Waals surface area contributed by atoms with Crippen LogP contribution in [0.1, 0.15) is 31.8 Å². The second-order valence-electron chi connectivity index (χ2n) is 7.03. The molecule has 4 rings (SSSR count). The molecule has 0 radical (unpaired) electrons. The van der Waals surface area contributed by atoms with Crippen molar-refractivity contribution in [2.75, 3.05) is 7.11 Å². The number of benzene rings is 3. The summed E-state index contributed by atoms with van der Waals surface area (Å²) in [6.07, 6.45) is 1.45. The van der Waals surface area contributed by atoms with E-state index in [0.717, 1.165) is 0 Å². The van der Waals surface area contributed by atoms with Gasteiger partial charge in [-0.2, -0.15) is 0 Å². The number of ether oxygens (including phenoxy) is 1. The van der Waals surface area contributed by atoms with Crippen molar-refractivity contribution < 1.29 is 24.5 Å². The van der Waals surface area contributed by atoms with Gasteiger partial charge in [0.2, 0.25) is 5.91 Å². The lowest BCUT2D eigenvalue weighted by atomic mass is 10.00. The molecule has 0 saturated heterocycles. The van der Waals surface area contributed by atoms with Crippen LogP contribution >= 0.6 is 0 Å². The van der Waals surface area contributed by atoms with Crippen LogP contribution < -0.4 is 10.5 Å². The number of H-pyrrole nitrogens is 1.